The van der Waals surface area contributed by atoms with Gasteiger partial charge in [0.2, 0.25) is 0 Å². The number of carbonyl (C=O) groups is 1. The first-order valence-corrected chi connectivity index (χ1v) is 40.8. The van der Waals surface area contributed by atoms with E-state index in [0.29, 0.717) is 83.4 Å². The van der Waals surface area contributed by atoms with Crippen LogP contribution in [0, 0.1) is 16.2 Å². The monoisotopic (exact) mass is 1690 g/mol. The highest BCUT2D eigenvalue weighted by Crippen LogP contribution is 2.61. The fourth-order valence-corrected chi connectivity index (χ4v) is 20.1. The van der Waals surface area contributed by atoms with Gasteiger partial charge < -0.3 is 78.8 Å². The molecule has 9 aromatic heterocycles. The van der Waals surface area contributed by atoms with E-state index >= 15 is 0 Å². The highest BCUT2D eigenvalue weighted by molar-refractivity contribution is 9.10. The molecule has 0 bridgehead atoms. The van der Waals surface area contributed by atoms with Gasteiger partial charge in [0.15, 0.2) is 11.6 Å². The van der Waals surface area contributed by atoms with Crippen LogP contribution in [0.3, 0.4) is 0 Å². The number of carbonyl (C=O) groups excluding carboxylic acids is 1. The molecule has 7 aliphatic rings. The molecule has 14 aromatic rings. The van der Waals surface area contributed by atoms with Crippen molar-refractivity contribution < 1.29 is 58.4 Å². The highest BCUT2D eigenvalue weighted by Gasteiger charge is 2.65. The fourth-order valence-electron chi connectivity index (χ4n) is 19.1. The maximum atomic E-state index is 13.9. The number of anilines is 3. The summed E-state index contributed by atoms with van der Waals surface area (Å²) in [4.78, 5) is 54.9. The number of hydrogen-bond acceptors (Lipinski definition) is 23. The van der Waals surface area contributed by atoms with E-state index in [4.69, 9.17) is 72.8 Å². The Morgan fingerprint density at radius 2 is 1.04 bits per heavy atom. The van der Waals surface area contributed by atoms with Gasteiger partial charge in [0.05, 0.1) is 120 Å². The fraction of sp³-hybridized carbons (Fsp3) is 0.341. The van der Waals surface area contributed by atoms with Crippen molar-refractivity contribution in [2.24, 2.45) is 16.2 Å². The van der Waals surface area contributed by atoms with Crippen molar-refractivity contribution in [1.29, 1.82) is 0 Å². The van der Waals surface area contributed by atoms with Crippen LogP contribution in [0.25, 0.3) is 65.8 Å². The number of aromatic nitrogens is 12. The first kappa shape index (κ1) is 77.5. The van der Waals surface area contributed by atoms with E-state index in [-0.39, 0.29) is 67.2 Å². The summed E-state index contributed by atoms with van der Waals surface area (Å²) in [5.74, 6) is 1.38. The van der Waals surface area contributed by atoms with Gasteiger partial charge in [0.25, 0.3) is 0 Å². The largest absolute Gasteiger partial charge is 0.497 e. The van der Waals surface area contributed by atoms with E-state index < -0.39 is 47.1 Å². The van der Waals surface area contributed by atoms with Crippen LogP contribution in [0.1, 0.15) is 117 Å². The van der Waals surface area contributed by atoms with Gasteiger partial charge in [-0.25, -0.2) is 49.7 Å². The molecule has 4 saturated heterocycles. The molecule has 30 heteroatoms. The normalized spacial score (nSPS) is 27.4. The molecule has 0 radical (unpaired) electrons. The molecule has 15 atom stereocenters. The predicted octanol–water partition coefficient (Wildman–Crippen LogP) is 14.8. The van der Waals surface area contributed by atoms with Gasteiger partial charge in [0, 0.05) is 62.6 Å². The quantitative estimate of drug-likeness (QED) is 0.0619. The summed E-state index contributed by atoms with van der Waals surface area (Å²) in [6.45, 7) is 5.58. The minimum Gasteiger partial charge on any atom is -0.497 e. The Bertz CT molecular complexity index is 6170. The number of methoxy groups -OCH3 is 1. The van der Waals surface area contributed by atoms with Crippen molar-refractivity contribution in [3.8, 4) is 5.75 Å². The summed E-state index contributed by atoms with van der Waals surface area (Å²) in [5, 5.41) is 50.3. The number of benzene rings is 5. The molecule has 27 nitrogen and oxygen atoms in total. The molecule has 0 unspecified atom stereocenters. The molecule has 7 fully saturated rings. The van der Waals surface area contributed by atoms with Crippen molar-refractivity contribution in [3.63, 3.8) is 0 Å². The number of fused-ring (bicyclic) bond motifs is 8. The van der Waals surface area contributed by atoms with Crippen LogP contribution >= 0.6 is 39.1 Å². The van der Waals surface area contributed by atoms with E-state index in [1.807, 2.05) is 169 Å². The standard InChI is InChI=1S/C42H39BrClN5O6.C23H22ClN5O3.C23H23N5O3/c1-41(2)54-35-33(48-16-15-30-37(44)45-24-46-38(30)48)19-42(36(35)55-41)20-34(53-23-42)28-12-11-27-17-31(43)39(47-32(27)18-28)49(21-25-9-13-29(51-3)14-10-25)40(50)52-22-26-7-5-4-6-8-26;24-21-14-5-6-29(22(14)27-11-26-21)16-8-23(20(31)19(16)30)9-17(32-10-23)13-2-1-12-3-4-18(25)28-15(12)7-13;24-19-4-3-13-1-2-14(7-16(13)27-19)18-9-23(11-31-18)8-17(20(29)21(23)30)28-6-5-15-10-25-12-26-22(15)28/h4-18,24,33-36H,19-23H2,1-3H3;1-7,11,16-17,19-20,30-31H,8-10H2,(H2,25,28);1-7,10,12,17-18,20-21,29-30H,8-9,11H2,(H2,24,27)/t33-,34-,35+,36+,42-;16-,17-,19+,20+,23-;17-,18-,20+,21+,23-/m111/s1. The molecule has 4 aliphatic heterocycles. The van der Waals surface area contributed by atoms with Crippen molar-refractivity contribution in [2.75, 3.05) is 43.3 Å². The van der Waals surface area contributed by atoms with Gasteiger partial charge in [-0.05, 0) is 175 Å². The number of halogens is 3. The highest BCUT2D eigenvalue weighted by atomic mass is 79.9. The summed E-state index contributed by atoms with van der Waals surface area (Å²) in [7, 11) is 1.62. The van der Waals surface area contributed by atoms with Gasteiger partial charge >= 0.3 is 6.09 Å². The summed E-state index contributed by atoms with van der Waals surface area (Å²) in [5.41, 5.74) is 19.6. The molecule has 5 aromatic carbocycles. The average molecular weight is 1690 g/mol. The lowest BCUT2D eigenvalue weighted by Crippen LogP contribution is -2.37. The lowest BCUT2D eigenvalue weighted by atomic mass is 9.80. The van der Waals surface area contributed by atoms with Gasteiger partial charge in [-0.2, -0.15) is 0 Å². The Morgan fingerprint density at radius 1 is 0.542 bits per heavy atom. The zero-order chi connectivity index (χ0) is 81.1. The molecule has 21 rings (SSSR count). The molecule has 118 heavy (non-hydrogen) atoms. The molecular weight excluding hydrogens is 1610 g/mol. The van der Waals surface area contributed by atoms with Gasteiger partial charge in [0.1, 0.15) is 88.5 Å². The number of nitrogen functional groups attached to an aromatic ring is 2. The second-order valence-corrected chi connectivity index (χ2v) is 34.2. The van der Waals surface area contributed by atoms with Crippen LogP contribution in [0.4, 0.5) is 22.2 Å². The number of aliphatic hydroxyl groups is 4. The molecule has 3 saturated carbocycles. The molecule has 8 N–H and O–H groups in total. The predicted molar refractivity (Wildman–Crippen MR) is 446 cm³/mol. The Morgan fingerprint density at radius 3 is 1.62 bits per heavy atom. The third kappa shape index (κ3) is 14.2. The lowest BCUT2D eigenvalue weighted by Gasteiger charge is -2.30. The number of nitrogens with zero attached hydrogens (tertiary/aromatic N) is 13. The molecule has 3 aliphatic carbocycles. The Balaban J connectivity index is 0.000000125. The second-order valence-electron chi connectivity index (χ2n) is 32.7. The number of hydrogen-bond donors (Lipinski definition) is 6. The maximum absolute atomic E-state index is 13.9. The van der Waals surface area contributed by atoms with E-state index in [0.717, 1.165) is 107 Å². The summed E-state index contributed by atoms with van der Waals surface area (Å²) in [6.07, 6.45) is 10.8. The van der Waals surface area contributed by atoms with Crippen LogP contribution in [-0.4, -0.2) is 154 Å². The first-order valence-electron chi connectivity index (χ1n) is 39.3. The topological polar surface area (TPSA) is 349 Å². The molecular formula is C88H84BrCl2N15O12. The van der Waals surface area contributed by atoms with Crippen molar-refractivity contribution >= 4 is 128 Å². The third-order valence-corrected chi connectivity index (χ3v) is 26.2. The van der Waals surface area contributed by atoms with E-state index in [1.165, 1.54) is 19.0 Å². The number of rotatable bonds is 12. The van der Waals surface area contributed by atoms with Gasteiger partial charge in [-0.3, -0.25) is 4.90 Å². The first-order chi connectivity index (χ1) is 57.1. The minimum atomic E-state index is -0.945. The molecule has 604 valence electrons. The minimum absolute atomic E-state index is 0.0332. The zero-order valence-electron chi connectivity index (χ0n) is 64.4. The van der Waals surface area contributed by atoms with E-state index in [9.17, 15) is 25.2 Å². The molecule has 3 spiro atoms. The summed E-state index contributed by atoms with van der Waals surface area (Å²) in [6, 6.07) is 50.0. The van der Waals surface area contributed by atoms with Gasteiger partial charge in [-0.1, -0.05) is 102 Å². The van der Waals surface area contributed by atoms with Crippen molar-refractivity contribution in [3.05, 3.63) is 244 Å². The second kappa shape index (κ2) is 30.7. The van der Waals surface area contributed by atoms with E-state index in [1.54, 1.807) is 30.3 Å². The Kier molecular flexibility index (Phi) is 20.2. The maximum Gasteiger partial charge on any atom is 0.416 e. The summed E-state index contributed by atoms with van der Waals surface area (Å²) < 4.78 is 50.1. The lowest BCUT2D eigenvalue weighted by molar-refractivity contribution is -0.169. The number of ether oxygens (including phenoxy) is 7. The Labute approximate surface area is 694 Å². The van der Waals surface area contributed by atoms with Crippen LogP contribution in [0.2, 0.25) is 10.3 Å². The number of aliphatic hydroxyl groups excluding tert-OH is 4. The van der Waals surface area contributed by atoms with E-state index in [2.05, 4.69) is 78.6 Å². The van der Waals surface area contributed by atoms with Crippen LogP contribution in [-0.2, 0) is 41.6 Å². The van der Waals surface area contributed by atoms with Crippen LogP contribution in [0.5, 0.6) is 5.75 Å². The van der Waals surface area contributed by atoms with Crippen LogP contribution in [0.15, 0.2) is 206 Å². The number of pyridine rings is 3. The Hall–Kier alpha value is -10.4. The molecule has 1 amide bonds. The SMILES string of the molecule is COc1ccc(CN(C(=O)OCc2ccccc2)c2nc3cc([C@H]4C[C@@]5(CO4)C[C@@H](n4ccc6c(Cl)ncnc64)[C@@H]4OC(C)(C)O[C@@H]45)ccc3cc2Br)cc1.Nc1ccc2ccc([C@H]3C[C@@]4(CO3)C[C@@H](n3ccc5c(Cl)ncnc53)[C@H](O)[C@@H]4O)cc2n1.Nc1ccc2ccc([C@H]3C[C@@]4(CO3)C[C@@H](n3ccc5cncnc53)[C@H](O)[C@@H]4O)cc2n1. The number of amides is 1. The van der Waals surface area contributed by atoms with Crippen LogP contribution < -0.4 is 21.1 Å². The van der Waals surface area contributed by atoms with Gasteiger partial charge in [-0.15, -0.1) is 0 Å². The smallest absolute Gasteiger partial charge is 0.416 e. The average Bonchev–Trinajstić information content (AvgIpc) is 1.55. The van der Waals surface area contributed by atoms with Crippen molar-refractivity contribution in [1.82, 2.24) is 58.6 Å². The number of nitrogens with two attached hydrogens (primary N) is 2. The van der Waals surface area contributed by atoms with Crippen molar-refractivity contribution in [2.45, 2.75) is 144 Å². The summed E-state index contributed by atoms with van der Waals surface area (Å²) >= 11 is 16.4. The third-order valence-electron chi connectivity index (χ3n) is 25.1. The molecule has 13 heterocycles. The zero-order valence-corrected chi connectivity index (χ0v) is 67.5.